The number of hydrogen-bond acceptors (Lipinski definition) is 5. The molecule has 1 aromatic carbocycles. The third kappa shape index (κ3) is 10.7. The van der Waals surface area contributed by atoms with Crippen LogP contribution in [0.15, 0.2) is 18.3 Å². The number of carboxylic acid groups (broad SMARTS) is 1. The number of aromatic nitrogens is 1. The number of benzene rings is 1. The molecule has 1 fully saturated rings. The Balaban J connectivity index is 0.000000272. The zero-order valence-electron chi connectivity index (χ0n) is 22.3. The van der Waals surface area contributed by atoms with Crippen LogP contribution in [0.1, 0.15) is 94.3 Å². The summed E-state index contributed by atoms with van der Waals surface area (Å²) in [6, 6.07) is 3.02. The van der Waals surface area contributed by atoms with Crippen LogP contribution < -0.4 is 10.1 Å². The van der Waals surface area contributed by atoms with Gasteiger partial charge in [0.1, 0.15) is 12.4 Å². The average Bonchev–Trinajstić information content (AvgIpc) is 3.38. The SMILES string of the molecule is CCCCCCCCCCNCC1(O)CCC(F)(F)CC1.O=C(O)c1cc(OCCO)c2[nH]ccc2c1Cl. The zero-order chi connectivity index (χ0) is 28.0. The standard InChI is InChI=1S/C17H33F2NO.C11H10ClNO4/c1-2-3-4-5-6-7-8-9-14-20-15-16(21)10-12-17(18,19)13-11-16;12-9-6-1-2-13-10(6)8(17-4-3-14)5-7(9)11(15)16/h20-21H,2-15H2,1H3;1-2,5,13-14H,3-4H2,(H,15,16). The first-order valence-electron chi connectivity index (χ1n) is 13.7. The Labute approximate surface area is 228 Å². The summed E-state index contributed by atoms with van der Waals surface area (Å²) in [4.78, 5) is 13.9. The van der Waals surface area contributed by atoms with E-state index in [4.69, 9.17) is 26.6 Å². The number of hydrogen-bond donors (Lipinski definition) is 5. The fraction of sp³-hybridized carbons (Fsp3) is 0.679. The normalized spacial score (nSPS) is 16.2. The Bertz CT molecular complexity index is 976. The van der Waals surface area contributed by atoms with Gasteiger partial charge in [-0.2, -0.15) is 0 Å². The van der Waals surface area contributed by atoms with E-state index in [1.807, 2.05) is 0 Å². The largest absolute Gasteiger partial charge is 0.489 e. The van der Waals surface area contributed by atoms with Gasteiger partial charge in [0.25, 0.3) is 0 Å². The van der Waals surface area contributed by atoms with Crippen molar-refractivity contribution < 1.29 is 33.6 Å². The predicted molar refractivity (Wildman–Crippen MR) is 147 cm³/mol. The van der Waals surface area contributed by atoms with Gasteiger partial charge in [0.15, 0.2) is 0 Å². The number of H-pyrrole nitrogens is 1. The van der Waals surface area contributed by atoms with Crippen LogP contribution >= 0.6 is 11.6 Å². The van der Waals surface area contributed by atoms with Crippen molar-refractivity contribution in [3.05, 3.63) is 28.9 Å². The van der Waals surface area contributed by atoms with Crippen LogP contribution in [0.3, 0.4) is 0 Å². The summed E-state index contributed by atoms with van der Waals surface area (Å²) in [5.74, 6) is -3.32. The summed E-state index contributed by atoms with van der Waals surface area (Å²) >= 11 is 5.98. The zero-order valence-corrected chi connectivity index (χ0v) is 23.1. The third-order valence-electron chi connectivity index (χ3n) is 6.89. The highest BCUT2D eigenvalue weighted by Gasteiger charge is 2.41. The van der Waals surface area contributed by atoms with Crippen molar-refractivity contribution in [1.29, 1.82) is 0 Å². The molecule has 2 aromatic rings. The predicted octanol–water partition coefficient (Wildman–Crippen LogP) is 6.55. The number of nitrogens with one attached hydrogen (secondary N) is 2. The second-order valence-electron chi connectivity index (χ2n) is 10.1. The lowest BCUT2D eigenvalue weighted by Gasteiger charge is -2.36. The number of fused-ring (bicyclic) bond motifs is 1. The minimum absolute atomic E-state index is 0.0216. The lowest BCUT2D eigenvalue weighted by atomic mass is 9.83. The highest BCUT2D eigenvalue weighted by Crippen LogP contribution is 2.38. The number of aliphatic hydroxyl groups excluding tert-OH is 1. The van der Waals surface area contributed by atoms with Crippen LogP contribution in [0.5, 0.6) is 5.75 Å². The molecular formula is C28H43ClF2N2O5. The van der Waals surface area contributed by atoms with E-state index < -0.39 is 17.5 Å². The summed E-state index contributed by atoms with van der Waals surface area (Å²) in [5, 5.41) is 31.9. The first-order valence-corrected chi connectivity index (χ1v) is 14.1. The highest BCUT2D eigenvalue weighted by atomic mass is 35.5. The van der Waals surface area contributed by atoms with Gasteiger partial charge in [-0.1, -0.05) is 63.5 Å². The van der Waals surface area contributed by atoms with Crippen molar-refractivity contribution in [3.8, 4) is 5.75 Å². The molecule has 0 aliphatic heterocycles. The molecule has 0 spiro atoms. The van der Waals surface area contributed by atoms with Gasteiger partial charge < -0.3 is 30.4 Å². The molecule has 0 atom stereocenters. The average molecular weight is 561 g/mol. The molecule has 3 rings (SSSR count). The monoisotopic (exact) mass is 560 g/mol. The molecule has 38 heavy (non-hydrogen) atoms. The molecule has 0 unspecified atom stereocenters. The van der Waals surface area contributed by atoms with Crippen molar-refractivity contribution >= 4 is 28.5 Å². The number of halogens is 3. The number of aromatic amines is 1. The van der Waals surface area contributed by atoms with Gasteiger partial charge in [-0.15, -0.1) is 0 Å². The number of rotatable bonds is 15. The second kappa shape index (κ2) is 16.2. The maximum atomic E-state index is 13.1. The van der Waals surface area contributed by atoms with E-state index in [0.717, 1.165) is 13.0 Å². The molecule has 1 heterocycles. The number of ether oxygens (including phenoxy) is 1. The molecule has 0 bridgehead atoms. The van der Waals surface area contributed by atoms with Crippen molar-refractivity contribution in [2.24, 2.45) is 0 Å². The smallest absolute Gasteiger partial charge is 0.337 e. The Morgan fingerprint density at radius 1 is 1.11 bits per heavy atom. The topological polar surface area (TPSA) is 115 Å². The van der Waals surface area contributed by atoms with Crippen LogP contribution in [-0.2, 0) is 0 Å². The number of carbonyl (C=O) groups is 1. The quantitative estimate of drug-likeness (QED) is 0.158. The van der Waals surface area contributed by atoms with Crippen LogP contribution in [0, 0.1) is 0 Å². The lowest BCUT2D eigenvalue weighted by molar-refractivity contribution is -0.102. The van der Waals surface area contributed by atoms with Crippen LogP contribution in [0.25, 0.3) is 10.9 Å². The molecule has 1 aromatic heterocycles. The molecule has 216 valence electrons. The third-order valence-corrected chi connectivity index (χ3v) is 7.30. The molecule has 1 saturated carbocycles. The maximum absolute atomic E-state index is 13.1. The fourth-order valence-corrected chi connectivity index (χ4v) is 4.85. The number of aromatic carboxylic acids is 1. The molecular weight excluding hydrogens is 518 g/mol. The molecule has 0 radical (unpaired) electrons. The van der Waals surface area contributed by atoms with Crippen molar-refractivity contribution in [2.45, 2.75) is 95.5 Å². The van der Waals surface area contributed by atoms with Gasteiger partial charge >= 0.3 is 5.97 Å². The Morgan fingerprint density at radius 2 is 1.74 bits per heavy atom. The van der Waals surface area contributed by atoms with Gasteiger partial charge in [-0.25, -0.2) is 13.6 Å². The molecule has 1 aliphatic carbocycles. The molecule has 5 N–H and O–H groups in total. The number of alkyl halides is 2. The number of carboxylic acids is 1. The van der Waals surface area contributed by atoms with Crippen LogP contribution in [-0.4, -0.2) is 64.1 Å². The fourth-order valence-electron chi connectivity index (χ4n) is 4.56. The first-order chi connectivity index (χ1) is 18.1. The summed E-state index contributed by atoms with van der Waals surface area (Å²) in [5.41, 5.74) is -0.317. The lowest BCUT2D eigenvalue weighted by Crippen LogP contribution is -2.46. The van der Waals surface area contributed by atoms with Crippen molar-refractivity contribution in [2.75, 3.05) is 26.3 Å². The minimum Gasteiger partial charge on any atom is -0.489 e. The molecule has 0 saturated heterocycles. The van der Waals surface area contributed by atoms with E-state index in [1.165, 1.54) is 51.0 Å². The van der Waals surface area contributed by atoms with Crippen molar-refractivity contribution in [1.82, 2.24) is 10.3 Å². The summed E-state index contributed by atoms with van der Waals surface area (Å²) in [6.07, 6.45) is 12.0. The van der Waals surface area contributed by atoms with E-state index in [1.54, 1.807) is 12.3 Å². The first kappa shape index (κ1) is 32.3. The second-order valence-corrected chi connectivity index (χ2v) is 10.5. The number of aliphatic hydroxyl groups is 2. The molecule has 10 heteroatoms. The van der Waals surface area contributed by atoms with Gasteiger partial charge in [-0.3, -0.25) is 0 Å². The summed E-state index contributed by atoms with van der Waals surface area (Å²) in [6.45, 7) is 3.52. The Morgan fingerprint density at radius 3 is 2.34 bits per heavy atom. The molecule has 0 amide bonds. The maximum Gasteiger partial charge on any atom is 0.337 e. The van der Waals surface area contributed by atoms with E-state index in [0.29, 0.717) is 23.2 Å². The van der Waals surface area contributed by atoms with Gasteiger partial charge in [0, 0.05) is 31.0 Å². The molecule has 7 nitrogen and oxygen atoms in total. The summed E-state index contributed by atoms with van der Waals surface area (Å²) in [7, 11) is 0. The Kier molecular flexibility index (Phi) is 13.8. The van der Waals surface area contributed by atoms with E-state index in [2.05, 4.69) is 17.2 Å². The van der Waals surface area contributed by atoms with E-state index >= 15 is 0 Å². The van der Waals surface area contributed by atoms with Crippen molar-refractivity contribution in [3.63, 3.8) is 0 Å². The van der Waals surface area contributed by atoms with Gasteiger partial charge in [0.2, 0.25) is 5.92 Å². The highest BCUT2D eigenvalue weighted by molar-refractivity contribution is 6.38. The van der Waals surface area contributed by atoms with Crippen LogP contribution in [0.4, 0.5) is 8.78 Å². The molecule has 1 aliphatic rings. The van der Waals surface area contributed by atoms with Gasteiger partial charge in [0.05, 0.1) is 28.3 Å². The van der Waals surface area contributed by atoms with E-state index in [9.17, 15) is 18.7 Å². The van der Waals surface area contributed by atoms with Crippen LogP contribution in [0.2, 0.25) is 5.02 Å². The van der Waals surface area contributed by atoms with E-state index in [-0.39, 0.29) is 49.5 Å². The Hall–Kier alpha value is -1.94. The minimum atomic E-state index is -2.57. The van der Waals surface area contributed by atoms with Gasteiger partial charge in [-0.05, 0) is 37.9 Å². The number of unbranched alkanes of at least 4 members (excludes halogenated alkanes) is 7. The summed E-state index contributed by atoms with van der Waals surface area (Å²) < 4.78 is 31.4.